The molecular formula is C15H19N3. The van der Waals surface area contributed by atoms with Gasteiger partial charge in [-0.3, -0.25) is 0 Å². The van der Waals surface area contributed by atoms with Crippen molar-refractivity contribution in [3.8, 4) is 0 Å². The van der Waals surface area contributed by atoms with Crippen LogP contribution in [0.2, 0.25) is 0 Å². The fourth-order valence-corrected chi connectivity index (χ4v) is 3.86. The zero-order valence-electron chi connectivity index (χ0n) is 10.8. The largest absolute Gasteiger partial charge is 0.325 e. The highest BCUT2D eigenvalue weighted by atomic mass is 15.1. The van der Waals surface area contributed by atoms with E-state index in [1.54, 1.807) is 0 Å². The standard InChI is InChI=1S/C15H19N3/c1-10-16-14-4-2-3-5-15(14)18(10)13-8-11-6-7-12(9-13)17-11/h2-5,11-13,17H,6-9H2,1H3/t11-,12-/m1/s1. The molecule has 1 N–H and O–H groups in total. The lowest BCUT2D eigenvalue weighted by Crippen LogP contribution is -2.39. The van der Waals surface area contributed by atoms with Gasteiger partial charge >= 0.3 is 0 Å². The Labute approximate surface area is 107 Å². The Kier molecular flexibility index (Phi) is 2.24. The molecule has 2 aliphatic heterocycles. The average Bonchev–Trinajstić information content (AvgIpc) is 2.88. The van der Waals surface area contributed by atoms with Crippen molar-refractivity contribution in [1.82, 2.24) is 14.9 Å². The van der Waals surface area contributed by atoms with Crippen LogP contribution in [0.15, 0.2) is 24.3 Å². The Balaban J connectivity index is 1.80. The molecule has 3 nitrogen and oxygen atoms in total. The van der Waals surface area contributed by atoms with Crippen molar-refractivity contribution in [3.05, 3.63) is 30.1 Å². The van der Waals surface area contributed by atoms with Crippen molar-refractivity contribution in [2.45, 2.75) is 50.7 Å². The summed E-state index contributed by atoms with van der Waals surface area (Å²) >= 11 is 0. The van der Waals surface area contributed by atoms with E-state index >= 15 is 0 Å². The number of aromatic nitrogens is 2. The molecule has 1 aromatic carbocycles. The molecule has 4 rings (SSSR count). The number of benzene rings is 1. The first-order valence-corrected chi connectivity index (χ1v) is 7.01. The van der Waals surface area contributed by atoms with Crippen molar-refractivity contribution in [1.29, 1.82) is 0 Å². The number of hydrogen-bond acceptors (Lipinski definition) is 2. The van der Waals surface area contributed by atoms with E-state index in [4.69, 9.17) is 4.98 Å². The van der Waals surface area contributed by atoms with Crippen LogP contribution in [0.3, 0.4) is 0 Å². The molecule has 0 unspecified atom stereocenters. The molecule has 1 aromatic heterocycles. The van der Waals surface area contributed by atoms with E-state index in [9.17, 15) is 0 Å². The van der Waals surface area contributed by atoms with E-state index in [0.29, 0.717) is 6.04 Å². The minimum Gasteiger partial charge on any atom is -0.325 e. The predicted molar refractivity (Wildman–Crippen MR) is 72.7 cm³/mol. The molecule has 0 saturated carbocycles. The molecule has 0 spiro atoms. The molecular weight excluding hydrogens is 222 g/mol. The number of piperidine rings is 1. The van der Waals surface area contributed by atoms with Gasteiger partial charge in [0.25, 0.3) is 0 Å². The zero-order valence-corrected chi connectivity index (χ0v) is 10.8. The average molecular weight is 241 g/mol. The Hall–Kier alpha value is -1.35. The van der Waals surface area contributed by atoms with E-state index in [-0.39, 0.29) is 0 Å². The number of rotatable bonds is 1. The fraction of sp³-hybridized carbons (Fsp3) is 0.533. The smallest absolute Gasteiger partial charge is 0.106 e. The van der Waals surface area contributed by atoms with Gasteiger partial charge in [0, 0.05) is 18.1 Å². The van der Waals surface area contributed by atoms with E-state index in [0.717, 1.165) is 17.6 Å². The summed E-state index contributed by atoms with van der Waals surface area (Å²) < 4.78 is 2.47. The SMILES string of the molecule is Cc1nc2ccccc2n1C1C[C@H]2CC[C@H](C1)N2. The first-order valence-electron chi connectivity index (χ1n) is 7.01. The van der Waals surface area contributed by atoms with Crippen LogP contribution in [0, 0.1) is 6.92 Å². The van der Waals surface area contributed by atoms with E-state index in [1.807, 2.05) is 0 Å². The fourth-order valence-electron chi connectivity index (χ4n) is 3.86. The molecule has 0 aliphatic carbocycles. The maximum atomic E-state index is 4.70. The van der Waals surface area contributed by atoms with E-state index in [1.165, 1.54) is 37.0 Å². The number of fused-ring (bicyclic) bond motifs is 3. The van der Waals surface area contributed by atoms with Gasteiger partial charge in [-0.25, -0.2) is 4.98 Å². The minimum absolute atomic E-state index is 0.635. The highest BCUT2D eigenvalue weighted by Gasteiger charge is 2.35. The topological polar surface area (TPSA) is 29.9 Å². The molecule has 3 heteroatoms. The van der Waals surface area contributed by atoms with Crippen LogP contribution in [0.4, 0.5) is 0 Å². The molecule has 2 fully saturated rings. The van der Waals surface area contributed by atoms with Gasteiger partial charge < -0.3 is 9.88 Å². The second-order valence-electron chi connectivity index (χ2n) is 5.78. The lowest BCUT2D eigenvalue weighted by atomic mass is 9.99. The summed E-state index contributed by atoms with van der Waals surface area (Å²) in [7, 11) is 0. The van der Waals surface area contributed by atoms with E-state index in [2.05, 4.69) is 41.1 Å². The Morgan fingerprint density at radius 2 is 1.89 bits per heavy atom. The molecule has 0 radical (unpaired) electrons. The summed E-state index contributed by atoms with van der Waals surface area (Å²) in [5, 5.41) is 3.72. The number of imidazole rings is 1. The van der Waals surface area contributed by atoms with Crippen molar-refractivity contribution in [3.63, 3.8) is 0 Å². The van der Waals surface area contributed by atoms with Gasteiger partial charge in [-0.05, 0) is 44.7 Å². The summed E-state index contributed by atoms with van der Waals surface area (Å²) in [5.41, 5.74) is 2.45. The Bertz CT molecular complexity index is 574. The van der Waals surface area contributed by atoms with Crippen molar-refractivity contribution < 1.29 is 0 Å². The van der Waals surface area contributed by atoms with Crippen LogP contribution < -0.4 is 5.32 Å². The van der Waals surface area contributed by atoms with Gasteiger partial charge in [-0.1, -0.05) is 12.1 Å². The van der Waals surface area contributed by atoms with Crippen LogP contribution in [0.25, 0.3) is 11.0 Å². The highest BCUT2D eigenvalue weighted by molar-refractivity contribution is 5.76. The second-order valence-corrected chi connectivity index (χ2v) is 5.78. The Morgan fingerprint density at radius 1 is 1.17 bits per heavy atom. The lowest BCUT2D eigenvalue weighted by Gasteiger charge is -2.31. The molecule has 2 atom stereocenters. The molecule has 3 heterocycles. The summed E-state index contributed by atoms with van der Waals surface area (Å²) in [6, 6.07) is 10.6. The lowest BCUT2D eigenvalue weighted by molar-refractivity contribution is 0.300. The van der Waals surface area contributed by atoms with Gasteiger partial charge in [0.1, 0.15) is 5.82 Å². The number of nitrogens with zero attached hydrogens (tertiary/aromatic N) is 2. The molecule has 94 valence electrons. The maximum absolute atomic E-state index is 4.70. The maximum Gasteiger partial charge on any atom is 0.106 e. The van der Waals surface area contributed by atoms with Crippen LogP contribution in [-0.4, -0.2) is 21.6 Å². The Morgan fingerprint density at radius 3 is 2.67 bits per heavy atom. The van der Waals surface area contributed by atoms with Gasteiger partial charge in [-0.15, -0.1) is 0 Å². The van der Waals surface area contributed by atoms with Crippen molar-refractivity contribution >= 4 is 11.0 Å². The van der Waals surface area contributed by atoms with Crippen LogP contribution in [0.1, 0.15) is 37.5 Å². The monoisotopic (exact) mass is 241 g/mol. The number of aryl methyl sites for hydroxylation is 1. The number of para-hydroxylation sites is 2. The number of nitrogens with one attached hydrogen (secondary N) is 1. The quantitative estimate of drug-likeness (QED) is 0.832. The van der Waals surface area contributed by atoms with Gasteiger partial charge in [0.05, 0.1) is 11.0 Å². The molecule has 0 amide bonds. The van der Waals surface area contributed by atoms with Crippen LogP contribution in [0.5, 0.6) is 0 Å². The minimum atomic E-state index is 0.635. The van der Waals surface area contributed by atoms with Crippen molar-refractivity contribution in [2.75, 3.05) is 0 Å². The third kappa shape index (κ3) is 1.50. The summed E-state index contributed by atoms with van der Waals surface area (Å²) in [6.45, 7) is 2.14. The molecule has 2 saturated heterocycles. The van der Waals surface area contributed by atoms with Crippen molar-refractivity contribution in [2.24, 2.45) is 0 Å². The second kappa shape index (κ2) is 3.82. The highest BCUT2D eigenvalue weighted by Crippen LogP contribution is 2.36. The summed E-state index contributed by atoms with van der Waals surface area (Å²) in [6.07, 6.45) is 5.23. The number of hydrogen-bond donors (Lipinski definition) is 1. The first-order chi connectivity index (χ1) is 8.81. The molecule has 2 aromatic rings. The third-order valence-electron chi connectivity index (χ3n) is 4.59. The predicted octanol–water partition coefficient (Wildman–Crippen LogP) is 2.80. The summed E-state index contributed by atoms with van der Waals surface area (Å²) in [5.74, 6) is 1.17. The third-order valence-corrected chi connectivity index (χ3v) is 4.59. The van der Waals surface area contributed by atoms with Gasteiger partial charge in [0.15, 0.2) is 0 Å². The molecule has 2 aliphatic rings. The molecule has 18 heavy (non-hydrogen) atoms. The zero-order chi connectivity index (χ0) is 12.1. The van der Waals surface area contributed by atoms with Gasteiger partial charge in [0.2, 0.25) is 0 Å². The van der Waals surface area contributed by atoms with Gasteiger partial charge in [-0.2, -0.15) is 0 Å². The van der Waals surface area contributed by atoms with Crippen LogP contribution >= 0.6 is 0 Å². The molecule has 2 bridgehead atoms. The summed E-state index contributed by atoms with van der Waals surface area (Å²) in [4.78, 5) is 4.70. The van der Waals surface area contributed by atoms with Crippen LogP contribution in [-0.2, 0) is 0 Å². The van der Waals surface area contributed by atoms with E-state index < -0.39 is 0 Å². The first kappa shape index (κ1) is 10.6. The normalized spacial score (nSPS) is 31.1.